The second-order valence-corrected chi connectivity index (χ2v) is 3.76. The van der Waals surface area contributed by atoms with Crippen molar-refractivity contribution in [1.29, 1.82) is 0 Å². The van der Waals surface area contributed by atoms with E-state index in [9.17, 15) is 13.6 Å². The fraction of sp³-hybridized carbons (Fsp3) is 0.417. The Morgan fingerprint density at radius 1 is 1.38 bits per heavy atom. The molecule has 1 atom stereocenters. The van der Waals surface area contributed by atoms with Gasteiger partial charge in [0.2, 0.25) is 0 Å². The number of hydrogen-bond acceptors (Lipinski definition) is 2. The second-order valence-electron chi connectivity index (χ2n) is 3.76. The van der Waals surface area contributed by atoms with Gasteiger partial charge in [-0.2, -0.15) is 0 Å². The van der Waals surface area contributed by atoms with Crippen LogP contribution in [0, 0.1) is 11.6 Å². The third-order valence-corrected chi connectivity index (χ3v) is 2.48. The largest absolute Gasteiger partial charge is 0.313 e. The first-order valence-corrected chi connectivity index (χ1v) is 5.16. The van der Waals surface area contributed by atoms with Crippen LogP contribution in [0.5, 0.6) is 0 Å². The highest BCUT2D eigenvalue weighted by molar-refractivity contribution is 5.75. The first kappa shape index (κ1) is 12.8. The van der Waals surface area contributed by atoms with E-state index in [0.29, 0.717) is 18.4 Å². The fourth-order valence-electron chi connectivity index (χ4n) is 1.55. The van der Waals surface area contributed by atoms with Crippen molar-refractivity contribution < 1.29 is 13.6 Å². The van der Waals surface area contributed by atoms with Gasteiger partial charge in [-0.25, -0.2) is 8.78 Å². The Hall–Kier alpha value is -1.29. The van der Waals surface area contributed by atoms with E-state index in [-0.39, 0.29) is 11.8 Å². The quantitative estimate of drug-likeness (QED) is 0.837. The zero-order valence-corrected chi connectivity index (χ0v) is 9.39. The molecular weight excluding hydrogens is 212 g/mol. The molecule has 0 radical (unpaired) electrons. The molecule has 1 rings (SSSR count). The highest BCUT2D eigenvalue weighted by Crippen LogP contribution is 2.20. The topological polar surface area (TPSA) is 29.1 Å². The average Bonchev–Trinajstić information content (AvgIpc) is 2.23. The zero-order chi connectivity index (χ0) is 12.1. The van der Waals surface area contributed by atoms with Crippen molar-refractivity contribution in [3.63, 3.8) is 0 Å². The van der Waals surface area contributed by atoms with E-state index in [1.807, 2.05) is 0 Å². The molecule has 1 aromatic carbocycles. The van der Waals surface area contributed by atoms with Gasteiger partial charge in [0.25, 0.3) is 0 Å². The summed E-state index contributed by atoms with van der Waals surface area (Å²) in [6, 6.07) is 3.66. The van der Waals surface area contributed by atoms with Gasteiger partial charge < -0.3 is 10.1 Å². The minimum Gasteiger partial charge on any atom is -0.313 e. The van der Waals surface area contributed by atoms with E-state index in [0.717, 1.165) is 12.1 Å². The van der Waals surface area contributed by atoms with Crippen LogP contribution in [0.2, 0.25) is 0 Å². The van der Waals surface area contributed by atoms with Gasteiger partial charge in [0, 0.05) is 12.5 Å². The standard InChI is InChI=1S/C12H15F2NO/c1-8(16)3-6-12(15-2)9-4-5-10(13)11(14)7-9/h4-5,7,12,15H,3,6H2,1-2H3. The Bertz CT molecular complexity index is 379. The number of nitrogens with one attached hydrogen (secondary N) is 1. The highest BCUT2D eigenvalue weighted by Gasteiger charge is 2.12. The Kier molecular flexibility index (Phi) is 4.55. The van der Waals surface area contributed by atoms with Crippen molar-refractivity contribution in [2.24, 2.45) is 0 Å². The van der Waals surface area contributed by atoms with Crippen LogP contribution in [0.15, 0.2) is 18.2 Å². The van der Waals surface area contributed by atoms with E-state index >= 15 is 0 Å². The van der Waals surface area contributed by atoms with Crippen molar-refractivity contribution in [3.05, 3.63) is 35.4 Å². The van der Waals surface area contributed by atoms with E-state index in [1.165, 1.54) is 13.0 Å². The average molecular weight is 227 g/mol. The highest BCUT2D eigenvalue weighted by atomic mass is 19.2. The Morgan fingerprint density at radius 2 is 2.06 bits per heavy atom. The molecule has 2 nitrogen and oxygen atoms in total. The molecule has 4 heteroatoms. The number of rotatable bonds is 5. The number of halogens is 2. The van der Waals surface area contributed by atoms with Crippen LogP contribution in [0.4, 0.5) is 8.78 Å². The lowest BCUT2D eigenvalue weighted by Gasteiger charge is -2.15. The maximum atomic E-state index is 13.0. The van der Waals surface area contributed by atoms with Gasteiger partial charge in [0.05, 0.1) is 0 Å². The molecule has 88 valence electrons. The lowest BCUT2D eigenvalue weighted by atomic mass is 10.0. The number of carbonyl (C=O) groups excluding carboxylic acids is 1. The summed E-state index contributed by atoms with van der Waals surface area (Å²) in [5.41, 5.74) is 0.655. The number of hydrogen-bond donors (Lipinski definition) is 1. The Labute approximate surface area is 93.7 Å². The third-order valence-electron chi connectivity index (χ3n) is 2.48. The van der Waals surface area contributed by atoms with Crippen molar-refractivity contribution in [2.45, 2.75) is 25.8 Å². The molecule has 1 unspecified atom stereocenters. The molecular formula is C12H15F2NO. The molecule has 16 heavy (non-hydrogen) atoms. The molecule has 0 saturated carbocycles. The molecule has 0 aliphatic rings. The van der Waals surface area contributed by atoms with E-state index < -0.39 is 11.6 Å². The molecule has 0 fully saturated rings. The normalized spacial score (nSPS) is 12.5. The predicted molar refractivity (Wildman–Crippen MR) is 58.1 cm³/mol. The van der Waals surface area contributed by atoms with Gasteiger partial charge in [0.15, 0.2) is 11.6 Å². The SMILES string of the molecule is CNC(CCC(C)=O)c1ccc(F)c(F)c1. The Morgan fingerprint density at radius 3 is 2.56 bits per heavy atom. The summed E-state index contributed by atoms with van der Waals surface area (Å²) in [5.74, 6) is -1.63. The molecule has 0 saturated heterocycles. The van der Waals surface area contributed by atoms with Crippen LogP contribution in [0.1, 0.15) is 31.4 Å². The van der Waals surface area contributed by atoms with Crippen molar-refractivity contribution >= 4 is 5.78 Å². The van der Waals surface area contributed by atoms with Gasteiger partial charge in [-0.15, -0.1) is 0 Å². The molecule has 0 bridgehead atoms. The summed E-state index contributed by atoms with van der Waals surface area (Å²) < 4.78 is 25.7. The second kappa shape index (κ2) is 5.70. The lowest BCUT2D eigenvalue weighted by molar-refractivity contribution is -0.117. The van der Waals surface area contributed by atoms with Gasteiger partial charge in [-0.3, -0.25) is 0 Å². The first-order chi connectivity index (χ1) is 7.54. The first-order valence-electron chi connectivity index (χ1n) is 5.16. The number of ketones is 1. The van der Waals surface area contributed by atoms with E-state index in [1.54, 1.807) is 7.05 Å². The monoisotopic (exact) mass is 227 g/mol. The molecule has 0 aliphatic heterocycles. The summed E-state index contributed by atoms with van der Waals surface area (Å²) in [5, 5.41) is 2.98. The van der Waals surface area contributed by atoms with Crippen LogP contribution >= 0.6 is 0 Å². The molecule has 0 aromatic heterocycles. The lowest BCUT2D eigenvalue weighted by Crippen LogP contribution is -2.17. The summed E-state index contributed by atoms with van der Waals surface area (Å²) >= 11 is 0. The molecule has 0 aliphatic carbocycles. The van der Waals surface area contributed by atoms with Gasteiger partial charge >= 0.3 is 0 Å². The smallest absolute Gasteiger partial charge is 0.159 e. The van der Waals surface area contributed by atoms with Crippen LogP contribution in [-0.4, -0.2) is 12.8 Å². The van der Waals surface area contributed by atoms with Crippen LogP contribution in [0.25, 0.3) is 0 Å². The number of carbonyl (C=O) groups is 1. The zero-order valence-electron chi connectivity index (χ0n) is 9.39. The van der Waals surface area contributed by atoms with Crippen LogP contribution in [-0.2, 0) is 4.79 Å². The summed E-state index contributed by atoms with van der Waals surface area (Å²) in [7, 11) is 1.73. The van der Waals surface area contributed by atoms with Gasteiger partial charge in [-0.1, -0.05) is 6.07 Å². The maximum absolute atomic E-state index is 13.0. The third kappa shape index (κ3) is 3.38. The molecule has 0 amide bonds. The predicted octanol–water partition coefficient (Wildman–Crippen LogP) is 2.59. The molecule has 1 aromatic rings. The van der Waals surface area contributed by atoms with E-state index in [2.05, 4.69) is 5.32 Å². The van der Waals surface area contributed by atoms with Crippen LogP contribution < -0.4 is 5.32 Å². The van der Waals surface area contributed by atoms with E-state index in [4.69, 9.17) is 0 Å². The molecule has 1 N–H and O–H groups in total. The molecule has 0 heterocycles. The Balaban J connectivity index is 2.78. The minimum absolute atomic E-state index is 0.0860. The summed E-state index contributed by atoms with van der Waals surface area (Å²) in [6.45, 7) is 1.51. The molecule has 0 spiro atoms. The van der Waals surface area contributed by atoms with Crippen molar-refractivity contribution in [1.82, 2.24) is 5.32 Å². The van der Waals surface area contributed by atoms with Crippen molar-refractivity contribution in [2.75, 3.05) is 7.05 Å². The summed E-state index contributed by atoms with van der Waals surface area (Å²) in [6.07, 6.45) is 1.00. The van der Waals surface area contributed by atoms with Gasteiger partial charge in [-0.05, 0) is 38.1 Å². The number of benzene rings is 1. The van der Waals surface area contributed by atoms with Crippen molar-refractivity contribution in [3.8, 4) is 0 Å². The fourth-order valence-corrected chi connectivity index (χ4v) is 1.55. The number of Topliss-reactive ketones (excluding diaryl/α,β-unsaturated/α-hetero) is 1. The minimum atomic E-state index is -0.861. The van der Waals surface area contributed by atoms with Gasteiger partial charge in [0.1, 0.15) is 5.78 Å². The van der Waals surface area contributed by atoms with Crippen LogP contribution in [0.3, 0.4) is 0 Å². The summed E-state index contributed by atoms with van der Waals surface area (Å²) in [4.78, 5) is 10.9. The maximum Gasteiger partial charge on any atom is 0.159 e.